The predicted molar refractivity (Wildman–Crippen MR) is 73.2 cm³/mol. The maximum atomic E-state index is 9.75. The molecule has 0 aromatic rings. The Kier molecular flexibility index (Phi) is 4.76. The lowest BCUT2D eigenvalue weighted by Crippen LogP contribution is -2.24. The number of hydrogen-bond acceptors (Lipinski definition) is 3. The smallest absolute Gasteiger partial charge is 0.0681 e. The Bertz CT molecular complexity index is 366. The second kappa shape index (κ2) is 5.55. The molecule has 0 aromatic carbocycles. The van der Waals surface area contributed by atoms with Crippen molar-refractivity contribution in [3.63, 3.8) is 0 Å². The number of hydrogen-bond donors (Lipinski definition) is 3. The van der Waals surface area contributed by atoms with Crippen molar-refractivity contribution in [3.05, 3.63) is 22.8 Å². The summed E-state index contributed by atoms with van der Waals surface area (Å²) >= 11 is 0. The zero-order valence-corrected chi connectivity index (χ0v) is 12.0. The van der Waals surface area contributed by atoms with Crippen LogP contribution in [0.5, 0.6) is 0 Å². The number of rotatable bonds is 5. The average molecular weight is 254 g/mol. The molecule has 3 nitrogen and oxygen atoms in total. The van der Waals surface area contributed by atoms with Gasteiger partial charge in [-0.1, -0.05) is 32.4 Å². The Hall–Kier alpha value is -0.640. The van der Waals surface area contributed by atoms with E-state index < -0.39 is 0 Å². The molecular weight excluding hydrogens is 228 g/mol. The molecule has 0 amide bonds. The summed E-state index contributed by atoms with van der Waals surface area (Å²) in [5.41, 5.74) is 2.73. The Labute approximate surface area is 110 Å². The van der Waals surface area contributed by atoms with E-state index in [2.05, 4.69) is 13.8 Å². The van der Waals surface area contributed by atoms with Gasteiger partial charge in [0.2, 0.25) is 0 Å². The van der Waals surface area contributed by atoms with Gasteiger partial charge in [0.05, 0.1) is 13.2 Å². The lowest BCUT2D eigenvalue weighted by Gasteiger charge is -2.28. The Morgan fingerprint density at radius 3 is 2.22 bits per heavy atom. The topological polar surface area (TPSA) is 60.7 Å². The molecule has 104 valence electrons. The van der Waals surface area contributed by atoms with Crippen molar-refractivity contribution in [2.45, 2.75) is 40.5 Å². The Morgan fingerprint density at radius 2 is 1.83 bits per heavy atom. The van der Waals surface area contributed by atoms with Crippen molar-refractivity contribution in [1.82, 2.24) is 0 Å². The quantitative estimate of drug-likeness (QED) is 0.703. The van der Waals surface area contributed by atoms with Crippen LogP contribution in [0.2, 0.25) is 0 Å². The van der Waals surface area contributed by atoms with Crippen LogP contribution >= 0.6 is 0 Å². The first-order valence-corrected chi connectivity index (χ1v) is 6.58. The van der Waals surface area contributed by atoms with Crippen LogP contribution in [-0.2, 0) is 0 Å². The number of aliphatic hydroxyl groups is 3. The van der Waals surface area contributed by atoms with E-state index in [0.29, 0.717) is 6.42 Å². The standard InChI is InChI=1S/C15H26O3/c1-5-11(8-17)13-12(6-7-16)14(2,3)9-15(13,4)10-18/h5,16-18H,6-10H2,1-4H3. The van der Waals surface area contributed by atoms with Gasteiger partial charge in [-0.15, -0.1) is 0 Å². The molecule has 18 heavy (non-hydrogen) atoms. The van der Waals surface area contributed by atoms with Gasteiger partial charge in [0, 0.05) is 12.0 Å². The van der Waals surface area contributed by atoms with Crippen LogP contribution in [0.25, 0.3) is 0 Å². The maximum Gasteiger partial charge on any atom is 0.0681 e. The molecule has 1 aliphatic carbocycles. The molecule has 1 unspecified atom stereocenters. The van der Waals surface area contributed by atoms with Crippen LogP contribution < -0.4 is 0 Å². The van der Waals surface area contributed by atoms with Crippen LogP contribution in [0.4, 0.5) is 0 Å². The predicted octanol–water partition coefficient (Wildman–Crippen LogP) is 2.03. The molecule has 0 aromatic heterocycles. The van der Waals surface area contributed by atoms with Gasteiger partial charge in [0.15, 0.2) is 0 Å². The van der Waals surface area contributed by atoms with Gasteiger partial charge in [-0.2, -0.15) is 0 Å². The highest BCUT2D eigenvalue weighted by Gasteiger charge is 2.46. The lowest BCUT2D eigenvalue weighted by molar-refractivity contribution is 0.150. The largest absolute Gasteiger partial charge is 0.396 e. The van der Waals surface area contributed by atoms with Gasteiger partial charge in [0.1, 0.15) is 0 Å². The average Bonchev–Trinajstić information content (AvgIpc) is 2.51. The van der Waals surface area contributed by atoms with Crippen LogP contribution in [-0.4, -0.2) is 35.1 Å². The molecule has 3 N–H and O–H groups in total. The van der Waals surface area contributed by atoms with Crippen molar-refractivity contribution < 1.29 is 15.3 Å². The molecule has 1 aliphatic rings. The van der Waals surface area contributed by atoms with E-state index in [4.69, 9.17) is 0 Å². The van der Waals surface area contributed by atoms with Crippen molar-refractivity contribution in [2.75, 3.05) is 19.8 Å². The highest BCUT2D eigenvalue weighted by atomic mass is 16.3. The minimum Gasteiger partial charge on any atom is -0.396 e. The van der Waals surface area contributed by atoms with E-state index in [9.17, 15) is 15.3 Å². The van der Waals surface area contributed by atoms with Gasteiger partial charge in [0.25, 0.3) is 0 Å². The molecule has 0 saturated carbocycles. The minimum absolute atomic E-state index is 0.0214. The van der Waals surface area contributed by atoms with E-state index in [-0.39, 0.29) is 30.7 Å². The van der Waals surface area contributed by atoms with Gasteiger partial charge in [-0.25, -0.2) is 0 Å². The van der Waals surface area contributed by atoms with Crippen LogP contribution in [0.15, 0.2) is 22.8 Å². The fourth-order valence-electron chi connectivity index (χ4n) is 3.48. The second-order valence-electron chi connectivity index (χ2n) is 6.08. The molecule has 0 heterocycles. The zero-order valence-electron chi connectivity index (χ0n) is 12.0. The van der Waals surface area contributed by atoms with Gasteiger partial charge in [-0.05, 0) is 36.3 Å². The van der Waals surface area contributed by atoms with Crippen LogP contribution in [0.1, 0.15) is 40.5 Å². The van der Waals surface area contributed by atoms with Crippen LogP contribution in [0.3, 0.4) is 0 Å². The molecule has 3 heteroatoms. The molecule has 0 bridgehead atoms. The molecule has 0 fully saturated rings. The highest BCUT2D eigenvalue weighted by Crippen LogP contribution is 2.55. The van der Waals surface area contributed by atoms with Crippen molar-refractivity contribution >= 4 is 0 Å². The SMILES string of the molecule is CC=C(CO)C1=C(CCO)C(C)(C)CC1(C)CO. The first-order valence-electron chi connectivity index (χ1n) is 6.58. The summed E-state index contributed by atoms with van der Waals surface area (Å²) in [7, 11) is 0. The van der Waals surface area contributed by atoms with Crippen molar-refractivity contribution in [1.29, 1.82) is 0 Å². The molecule has 0 radical (unpaired) electrons. The Morgan fingerprint density at radius 1 is 1.22 bits per heavy atom. The Balaban J connectivity index is 3.41. The van der Waals surface area contributed by atoms with Crippen molar-refractivity contribution in [3.8, 4) is 0 Å². The fraction of sp³-hybridized carbons (Fsp3) is 0.733. The van der Waals surface area contributed by atoms with Crippen LogP contribution in [0, 0.1) is 10.8 Å². The first kappa shape index (κ1) is 15.4. The van der Waals surface area contributed by atoms with E-state index >= 15 is 0 Å². The summed E-state index contributed by atoms with van der Waals surface area (Å²) < 4.78 is 0. The van der Waals surface area contributed by atoms with Crippen molar-refractivity contribution in [2.24, 2.45) is 10.8 Å². The highest BCUT2D eigenvalue weighted by molar-refractivity contribution is 5.47. The molecule has 1 rings (SSSR count). The molecular formula is C15H26O3. The zero-order chi connectivity index (χ0) is 14.0. The third-order valence-electron chi connectivity index (χ3n) is 4.11. The van der Waals surface area contributed by atoms with Gasteiger partial charge >= 0.3 is 0 Å². The van der Waals surface area contributed by atoms with Gasteiger partial charge < -0.3 is 15.3 Å². The van der Waals surface area contributed by atoms with E-state index in [1.807, 2.05) is 19.9 Å². The monoisotopic (exact) mass is 254 g/mol. The molecule has 0 aliphatic heterocycles. The second-order valence-corrected chi connectivity index (χ2v) is 6.08. The fourth-order valence-corrected chi connectivity index (χ4v) is 3.48. The summed E-state index contributed by atoms with van der Waals surface area (Å²) in [5.74, 6) is 0. The van der Waals surface area contributed by atoms with Gasteiger partial charge in [-0.3, -0.25) is 0 Å². The minimum atomic E-state index is -0.321. The molecule has 1 atom stereocenters. The first-order chi connectivity index (χ1) is 8.36. The third-order valence-corrected chi connectivity index (χ3v) is 4.11. The number of allylic oxidation sites excluding steroid dienone is 1. The molecule has 0 spiro atoms. The summed E-state index contributed by atoms with van der Waals surface area (Å²) in [6, 6.07) is 0. The third kappa shape index (κ3) is 2.53. The summed E-state index contributed by atoms with van der Waals surface area (Å²) in [5, 5.41) is 28.5. The number of aliphatic hydroxyl groups excluding tert-OH is 3. The molecule has 0 saturated heterocycles. The van der Waals surface area contributed by atoms with E-state index in [0.717, 1.165) is 17.6 Å². The van der Waals surface area contributed by atoms with E-state index in [1.54, 1.807) is 0 Å². The summed E-state index contributed by atoms with van der Waals surface area (Å²) in [4.78, 5) is 0. The maximum absolute atomic E-state index is 9.75. The summed E-state index contributed by atoms with van der Waals surface area (Å²) in [6.45, 7) is 8.37. The lowest BCUT2D eigenvalue weighted by atomic mass is 9.77. The van der Waals surface area contributed by atoms with E-state index in [1.165, 1.54) is 5.57 Å². The normalized spacial score (nSPS) is 28.1. The summed E-state index contributed by atoms with van der Waals surface area (Å²) in [6.07, 6.45) is 3.36.